The van der Waals surface area contributed by atoms with Crippen molar-refractivity contribution in [3.05, 3.63) is 17.0 Å². The Labute approximate surface area is 170 Å². The number of hydrogen-bond donors (Lipinski definition) is 2. The smallest absolute Gasteiger partial charge is 0.191 e. The van der Waals surface area contributed by atoms with Crippen LogP contribution >= 0.6 is 24.0 Å². The summed E-state index contributed by atoms with van der Waals surface area (Å²) in [6.07, 6.45) is 1.04. The van der Waals surface area contributed by atoms with E-state index in [0.29, 0.717) is 0 Å². The van der Waals surface area contributed by atoms with Gasteiger partial charge in [-0.25, -0.2) is 0 Å². The largest absolute Gasteiger partial charge is 0.379 e. The van der Waals surface area contributed by atoms with E-state index in [1.54, 1.807) is 14.2 Å². The highest BCUT2D eigenvalue weighted by Crippen LogP contribution is 2.21. The summed E-state index contributed by atoms with van der Waals surface area (Å²) < 4.78 is 7.53. The Hall–Kier alpha value is -0.830. The zero-order chi connectivity index (χ0) is 18.5. The molecule has 2 atom stereocenters. The van der Waals surface area contributed by atoms with Gasteiger partial charge in [-0.15, -0.1) is 24.0 Å². The van der Waals surface area contributed by atoms with Crippen LogP contribution in [-0.2, 0) is 18.2 Å². The third-order valence-electron chi connectivity index (χ3n) is 4.48. The van der Waals surface area contributed by atoms with E-state index in [-0.39, 0.29) is 41.5 Å². The summed E-state index contributed by atoms with van der Waals surface area (Å²) >= 11 is 0. The third kappa shape index (κ3) is 7.13. The Morgan fingerprint density at radius 3 is 2.32 bits per heavy atom. The molecule has 0 saturated carbocycles. The van der Waals surface area contributed by atoms with E-state index in [4.69, 9.17) is 4.74 Å². The molecule has 0 bridgehead atoms. The molecule has 1 aromatic rings. The zero-order valence-electron chi connectivity index (χ0n) is 17.2. The van der Waals surface area contributed by atoms with Gasteiger partial charge in [-0.1, -0.05) is 20.8 Å². The lowest BCUT2D eigenvalue weighted by atomic mass is 9.89. The van der Waals surface area contributed by atoms with Crippen LogP contribution in [0, 0.1) is 19.3 Å². The number of aliphatic imine (C=N–C) groups is 1. The molecule has 7 heteroatoms. The molecule has 146 valence electrons. The molecule has 0 fully saturated rings. The van der Waals surface area contributed by atoms with E-state index in [0.717, 1.165) is 24.6 Å². The molecule has 0 saturated heterocycles. The van der Waals surface area contributed by atoms with Crippen LogP contribution in [0.3, 0.4) is 0 Å². The van der Waals surface area contributed by atoms with Gasteiger partial charge in [0.2, 0.25) is 0 Å². The van der Waals surface area contributed by atoms with Crippen molar-refractivity contribution in [2.45, 2.75) is 60.1 Å². The van der Waals surface area contributed by atoms with Crippen molar-refractivity contribution in [3.63, 3.8) is 0 Å². The maximum absolute atomic E-state index is 5.59. The molecule has 0 aromatic carbocycles. The van der Waals surface area contributed by atoms with E-state index in [1.807, 2.05) is 11.7 Å². The van der Waals surface area contributed by atoms with Gasteiger partial charge in [0.15, 0.2) is 5.96 Å². The standard InChI is InChI=1S/C18H35N5O.HI/c1-12(10-15-13(2)22-23(8)14(15)3)21-17(19-7)20-11-16(24-9)18(4,5)6;/h12,16H,10-11H2,1-9H3,(H2,19,20,21);1H. The van der Waals surface area contributed by atoms with Crippen molar-refractivity contribution in [3.8, 4) is 0 Å². The number of ether oxygens (including phenoxy) is 1. The average molecular weight is 465 g/mol. The van der Waals surface area contributed by atoms with Crippen LogP contribution in [0.4, 0.5) is 0 Å². The lowest BCUT2D eigenvalue weighted by Gasteiger charge is -2.30. The lowest BCUT2D eigenvalue weighted by Crippen LogP contribution is -2.48. The molecule has 1 rings (SSSR count). The molecule has 1 aromatic heterocycles. The van der Waals surface area contributed by atoms with Crippen molar-refractivity contribution in [1.82, 2.24) is 20.4 Å². The molecule has 0 aliphatic heterocycles. The fourth-order valence-electron chi connectivity index (χ4n) is 2.83. The summed E-state index contributed by atoms with van der Waals surface area (Å²) in [7, 11) is 5.54. The van der Waals surface area contributed by atoms with Crippen LogP contribution in [0.25, 0.3) is 0 Å². The second-order valence-corrected chi connectivity index (χ2v) is 7.57. The first kappa shape index (κ1) is 24.2. The Morgan fingerprint density at radius 2 is 1.92 bits per heavy atom. The van der Waals surface area contributed by atoms with Gasteiger partial charge >= 0.3 is 0 Å². The first-order valence-corrected chi connectivity index (χ1v) is 8.59. The minimum atomic E-state index is 0. The number of rotatable bonds is 6. The van der Waals surface area contributed by atoms with Gasteiger partial charge in [-0.3, -0.25) is 9.67 Å². The van der Waals surface area contributed by atoms with E-state index in [9.17, 15) is 0 Å². The van der Waals surface area contributed by atoms with Crippen LogP contribution in [-0.4, -0.2) is 48.6 Å². The lowest BCUT2D eigenvalue weighted by molar-refractivity contribution is 0.0205. The van der Waals surface area contributed by atoms with Gasteiger partial charge in [0.1, 0.15) is 0 Å². The monoisotopic (exact) mass is 465 g/mol. The molecule has 6 nitrogen and oxygen atoms in total. The zero-order valence-corrected chi connectivity index (χ0v) is 19.6. The van der Waals surface area contributed by atoms with Crippen LogP contribution in [0.1, 0.15) is 44.6 Å². The predicted molar refractivity (Wildman–Crippen MR) is 116 cm³/mol. The molecular formula is C18H36IN5O. The molecule has 2 unspecified atom stereocenters. The molecule has 0 amide bonds. The van der Waals surface area contributed by atoms with Crippen molar-refractivity contribution in [2.24, 2.45) is 17.5 Å². The van der Waals surface area contributed by atoms with Gasteiger partial charge < -0.3 is 15.4 Å². The highest BCUT2D eigenvalue weighted by Gasteiger charge is 2.24. The van der Waals surface area contributed by atoms with Crippen LogP contribution in [0.15, 0.2) is 4.99 Å². The Morgan fingerprint density at radius 1 is 1.32 bits per heavy atom. The molecule has 0 spiro atoms. The fourth-order valence-corrected chi connectivity index (χ4v) is 2.83. The molecular weight excluding hydrogens is 429 g/mol. The van der Waals surface area contributed by atoms with Crippen LogP contribution in [0.5, 0.6) is 0 Å². The van der Waals surface area contributed by atoms with E-state index in [2.05, 4.69) is 62.3 Å². The fraction of sp³-hybridized carbons (Fsp3) is 0.778. The summed E-state index contributed by atoms with van der Waals surface area (Å²) in [5.41, 5.74) is 3.70. The minimum Gasteiger partial charge on any atom is -0.379 e. The number of aromatic nitrogens is 2. The van der Waals surface area contributed by atoms with Crippen molar-refractivity contribution in [2.75, 3.05) is 20.7 Å². The van der Waals surface area contributed by atoms with Crippen LogP contribution in [0.2, 0.25) is 0 Å². The average Bonchev–Trinajstić information content (AvgIpc) is 2.71. The summed E-state index contributed by atoms with van der Waals surface area (Å²) in [6.45, 7) is 13.6. The van der Waals surface area contributed by atoms with E-state index < -0.39 is 0 Å². The molecule has 0 aliphatic rings. The Kier molecular flexibility index (Phi) is 10.0. The summed E-state index contributed by atoms with van der Waals surface area (Å²) in [4.78, 5) is 4.33. The minimum absolute atomic E-state index is 0. The predicted octanol–water partition coefficient (Wildman–Crippen LogP) is 2.81. The topological polar surface area (TPSA) is 63.5 Å². The number of nitrogens with one attached hydrogen (secondary N) is 2. The molecule has 0 radical (unpaired) electrons. The number of guanidine groups is 1. The normalized spacial score (nSPS) is 14.7. The molecule has 2 N–H and O–H groups in total. The van der Waals surface area contributed by atoms with E-state index in [1.165, 1.54) is 11.3 Å². The second kappa shape index (κ2) is 10.4. The van der Waals surface area contributed by atoms with E-state index >= 15 is 0 Å². The summed E-state index contributed by atoms with van der Waals surface area (Å²) in [5, 5.41) is 11.3. The Bertz CT molecular complexity index is 563. The molecule has 1 heterocycles. The van der Waals surface area contributed by atoms with Gasteiger partial charge in [-0.2, -0.15) is 5.10 Å². The second-order valence-electron chi connectivity index (χ2n) is 7.57. The van der Waals surface area contributed by atoms with Gasteiger partial charge in [0, 0.05) is 39.5 Å². The van der Waals surface area contributed by atoms with Crippen molar-refractivity contribution in [1.29, 1.82) is 0 Å². The number of hydrogen-bond acceptors (Lipinski definition) is 3. The van der Waals surface area contributed by atoms with Gasteiger partial charge in [-0.05, 0) is 38.2 Å². The highest BCUT2D eigenvalue weighted by molar-refractivity contribution is 14.0. The molecule has 25 heavy (non-hydrogen) atoms. The third-order valence-corrected chi connectivity index (χ3v) is 4.48. The maximum atomic E-state index is 5.59. The summed E-state index contributed by atoms with van der Waals surface area (Å²) in [6, 6.07) is 0.258. The number of methoxy groups -OCH3 is 1. The quantitative estimate of drug-likeness (QED) is 0.386. The SMILES string of the molecule is CN=C(NCC(OC)C(C)(C)C)NC(C)Cc1c(C)nn(C)c1C.I. The first-order valence-electron chi connectivity index (χ1n) is 8.59. The van der Waals surface area contributed by atoms with Crippen molar-refractivity contribution < 1.29 is 4.74 Å². The number of halogens is 1. The number of aryl methyl sites for hydroxylation is 2. The van der Waals surface area contributed by atoms with Crippen LogP contribution < -0.4 is 10.6 Å². The Balaban J connectivity index is 0.00000576. The molecule has 0 aliphatic carbocycles. The maximum Gasteiger partial charge on any atom is 0.191 e. The highest BCUT2D eigenvalue weighted by atomic mass is 127. The van der Waals surface area contributed by atoms with Gasteiger partial charge in [0.05, 0.1) is 11.8 Å². The summed E-state index contributed by atoms with van der Waals surface area (Å²) in [5.74, 6) is 0.799. The number of nitrogens with zero attached hydrogens (tertiary/aromatic N) is 3. The van der Waals surface area contributed by atoms with Gasteiger partial charge in [0.25, 0.3) is 0 Å². The first-order chi connectivity index (χ1) is 11.1. The van der Waals surface area contributed by atoms with Crippen molar-refractivity contribution >= 4 is 29.9 Å².